The lowest BCUT2D eigenvalue weighted by Gasteiger charge is -2.04. The zero-order chi connectivity index (χ0) is 12.6. The second kappa shape index (κ2) is 4.76. The Bertz CT molecular complexity index is 524. The molecule has 0 aromatic heterocycles. The highest BCUT2D eigenvalue weighted by Crippen LogP contribution is 2.33. The van der Waals surface area contributed by atoms with E-state index in [9.17, 15) is 9.18 Å². The highest BCUT2D eigenvalue weighted by atomic mass is 35.5. The number of likely N-dealkylation sites (N-methyl/N-ethyl adjacent to an activating group) is 1. The van der Waals surface area contributed by atoms with Crippen LogP contribution in [0.1, 0.15) is 5.56 Å². The van der Waals surface area contributed by atoms with Crippen molar-refractivity contribution in [2.75, 3.05) is 7.05 Å². The van der Waals surface area contributed by atoms with Crippen LogP contribution in [-0.2, 0) is 4.79 Å². The van der Waals surface area contributed by atoms with Gasteiger partial charge in [0.2, 0.25) is 0 Å². The van der Waals surface area contributed by atoms with E-state index in [2.05, 4.69) is 0 Å². The fraction of sp³-hybridized carbons (Fsp3) is 0.0909. The summed E-state index contributed by atoms with van der Waals surface area (Å²) in [6.45, 7) is 0. The van der Waals surface area contributed by atoms with Crippen LogP contribution in [0.15, 0.2) is 23.1 Å². The van der Waals surface area contributed by atoms with Gasteiger partial charge in [-0.25, -0.2) is 4.39 Å². The fourth-order valence-corrected chi connectivity index (χ4v) is 2.70. The summed E-state index contributed by atoms with van der Waals surface area (Å²) in [4.78, 5) is 13.5. The zero-order valence-electron chi connectivity index (χ0n) is 8.74. The number of benzene rings is 1. The number of amides is 1. The number of thiocarbonyl (C=S) groups is 1. The lowest BCUT2D eigenvalue weighted by Crippen LogP contribution is -2.22. The average molecular weight is 288 g/mol. The maximum atomic E-state index is 13.5. The van der Waals surface area contributed by atoms with Crippen molar-refractivity contribution in [3.05, 3.63) is 39.5 Å². The first-order valence-corrected chi connectivity index (χ1v) is 6.26. The van der Waals surface area contributed by atoms with Crippen LogP contribution in [-0.4, -0.2) is 22.2 Å². The van der Waals surface area contributed by atoms with E-state index in [-0.39, 0.29) is 16.5 Å². The van der Waals surface area contributed by atoms with Gasteiger partial charge in [-0.15, -0.1) is 0 Å². The van der Waals surface area contributed by atoms with Crippen LogP contribution in [0.5, 0.6) is 0 Å². The van der Waals surface area contributed by atoms with Crippen LogP contribution in [0.25, 0.3) is 6.08 Å². The van der Waals surface area contributed by atoms with E-state index in [4.69, 9.17) is 23.8 Å². The van der Waals surface area contributed by atoms with Crippen molar-refractivity contribution in [3.8, 4) is 0 Å². The normalized spacial score (nSPS) is 18.3. The Labute approximate surface area is 112 Å². The number of nitrogens with zero attached hydrogens (tertiary/aromatic N) is 1. The molecular weight excluding hydrogens is 281 g/mol. The number of hydrogen-bond acceptors (Lipinski definition) is 3. The van der Waals surface area contributed by atoms with Gasteiger partial charge < -0.3 is 0 Å². The Hall–Kier alpha value is -0.910. The highest BCUT2D eigenvalue weighted by Gasteiger charge is 2.29. The van der Waals surface area contributed by atoms with Crippen LogP contribution < -0.4 is 0 Å². The summed E-state index contributed by atoms with van der Waals surface area (Å²) in [5.41, 5.74) is 0.211. The minimum absolute atomic E-state index is 0.211. The second-order valence-electron chi connectivity index (χ2n) is 3.38. The molecule has 2 rings (SSSR count). The molecule has 0 N–H and O–H groups in total. The third-order valence-electron chi connectivity index (χ3n) is 2.26. The van der Waals surface area contributed by atoms with E-state index in [1.165, 1.54) is 23.1 Å². The van der Waals surface area contributed by atoms with Crippen molar-refractivity contribution in [2.45, 2.75) is 0 Å². The third-order valence-corrected chi connectivity index (χ3v) is 4.08. The van der Waals surface area contributed by atoms with Crippen molar-refractivity contribution in [3.63, 3.8) is 0 Å². The Morgan fingerprint density at radius 1 is 1.53 bits per heavy atom. The van der Waals surface area contributed by atoms with Gasteiger partial charge in [-0.2, -0.15) is 0 Å². The predicted molar refractivity (Wildman–Crippen MR) is 72.3 cm³/mol. The molecule has 1 aromatic rings. The third kappa shape index (κ3) is 2.36. The lowest BCUT2D eigenvalue weighted by atomic mass is 10.2. The lowest BCUT2D eigenvalue weighted by molar-refractivity contribution is -0.121. The molecule has 6 heteroatoms. The topological polar surface area (TPSA) is 20.3 Å². The number of halogens is 2. The molecule has 1 aliphatic heterocycles. The number of carbonyl (C=O) groups excluding carboxylic acids is 1. The Kier molecular flexibility index (Phi) is 3.51. The summed E-state index contributed by atoms with van der Waals surface area (Å²) in [5, 5.41) is 0.270. The average Bonchev–Trinajstić information content (AvgIpc) is 2.52. The van der Waals surface area contributed by atoms with Crippen LogP contribution in [0, 0.1) is 5.82 Å². The molecule has 0 bridgehead atoms. The first-order chi connectivity index (χ1) is 8.00. The van der Waals surface area contributed by atoms with Crippen molar-refractivity contribution in [2.24, 2.45) is 0 Å². The molecule has 0 spiro atoms. The number of carbonyl (C=O) groups is 1. The van der Waals surface area contributed by atoms with Crippen molar-refractivity contribution in [1.82, 2.24) is 4.90 Å². The van der Waals surface area contributed by atoms with Crippen molar-refractivity contribution in [1.29, 1.82) is 0 Å². The molecule has 0 aliphatic carbocycles. The van der Waals surface area contributed by atoms with Gasteiger partial charge >= 0.3 is 0 Å². The maximum absolute atomic E-state index is 13.5. The van der Waals surface area contributed by atoms with Gasteiger partial charge in [0, 0.05) is 12.6 Å². The van der Waals surface area contributed by atoms with Crippen LogP contribution in [0.3, 0.4) is 0 Å². The Morgan fingerprint density at radius 2 is 2.24 bits per heavy atom. The molecule has 1 aromatic carbocycles. The number of hydrogen-bond donors (Lipinski definition) is 0. The standard InChI is InChI=1S/C11H7ClFNOS2/c1-14-10(15)9(17-11(14)16)5-6-7(12)3-2-4-8(6)13/h2-5H,1H3/b9-5+. The number of thioether (sulfide) groups is 1. The quantitative estimate of drug-likeness (QED) is 0.584. The molecule has 1 fully saturated rings. The molecule has 0 unspecified atom stereocenters. The largest absolute Gasteiger partial charge is 0.296 e. The van der Waals surface area contributed by atoms with Crippen LogP contribution in [0.2, 0.25) is 5.02 Å². The summed E-state index contributed by atoms with van der Waals surface area (Å²) in [7, 11) is 1.58. The van der Waals surface area contributed by atoms with Gasteiger partial charge in [0.25, 0.3) is 5.91 Å². The van der Waals surface area contributed by atoms with Crippen molar-refractivity contribution >= 4 is 51.9 Å². The second-order valence-corrected chi connectivity index (χ2v) is 5.46. The van der Waals surface area contributed by atoms with E-state index in [0.29, 0.717) is 9.23 Å². The number of rotatable bonds is 1. The first-order valence-electron chi connectivity index (χ1n) is 4.66. The molecule has 1 amide bonds. The first kappa shape index (κ1) is 12.5. The van der Waals surface area contributed by atoms with E-state index in [1.54, 1.807) is 13.1 Å². The van der Waals surface area contributed by atoms with Crippen LogP contribution >= 0.6 is 35.6 Å². The van der Waals surface area contributed by atoms with E-state index >= 15 is 0 Å². The smallest absolute Gasteiger partial charge is 0.265 e. The van der Waals surface area contributed by atoms with E-state index in [0.717, 1.165) is 11.8 Å². The summed E-state index contributed by atoms with van der Waals surface area (Å²) in [6, 6.07) is 4.38. The van der Waals surface area contributed by atoms with Gasteiger partial charge in [0.1, 0.15) is 10.1 Å². The van der Waals surface area contributed by atoms with Gasteiger partial charge in [-0.1, -0.05) is 41.6 Å². The maximum Gasteiger partial charge on any atom is 0.265 e. The van der Waals surface area contributed by atoms with Crippen molar-refractivity contribution < 1.29 is 9.18 Å². The molecule has 0 radical (unpaired) electrons. The summed E-state index contributed by atoms with van der Waals surface area (Å²) in [6.07, 6.45) is 1.43. The minimum Gasteiger partial charge on any atom is -0.296 e. The summed E-state index contributed by atoms with van der Waals surface area (Å²) >= 11 is 12.0. The van der Waals surface area contributed by atoms with Crippen LogP contribution in [0.4, 0.5) is 4.39 Å². The predicted octanol–water partition coefficient (Wildman–Crippen LogP) is 3.31. The molecule has 88 valence electrons. The Balaban J connectivity index is 2.44. The summed E-state index contributed by atoms with van der Waals surface area (Å²) < 4.78 is 14.0. The molecule has 0 saturated carbocycles. The zero-order valence-corrected chi connectivity index (χ0v) is 11.1. The molecule has 17 heavy (non-hydrogen) atoms. The van der Waals surface area contributed by atoms with Gasteiger partial charge in [0.05, 0.1) is 9.93 Å². The monoisotopic (exact) mass is 287 g/mol. The van der Waals surface area contributed by atoms with Gasteiger partial charge in [-0.3, -0.25) is 9.69 Å². The minimum atomic E-state index is -0.459. The van der Waals surface area contributed by atoms with Gasteiger partial charge in [-0.05, 0) is 18.2 Å². The van der Waals surface area contributed by atoms with E-state index < -0.39 is 5.82 Å². The Morgan fingerprint density at radius 3 is 2.76 bits per heavy atom. The fourth-order valence-electron chi connectivity index (χ4n) is 1.33. The van der Waals surface area contributed by atoms with Gasteiger partial charge in [0.15, 0.2) is 0 Å². The molecule has 1 aliphatic rings. The summed E-state index contributed by atoms with van der Waals surface area (Å²) in [5.74, 6) is -0.696. The molecule has 1 saturated heterocycles. The molecule has 2 nitrogen and oxygen atoms in total. The SMILES string of the molecule is CN1C(=O)/C(=C\c2c(F)cccc2Cl)SC1=S. The highest BCUT2D eigenvalue weighted by molar-refractivity contribution is 8.26. The molecular formula is C11H7ClFNOS2. The van der Waals surface area contributed by atoms with E-state index in [1.807, 2.05) is 0 Å². The molecule has 1 heterocycles. The molecule has 0 atom stereocenters.